The fourth-order valence-electron chi connectivity index (χ4n) is 2.35. The number of aliphatic hydroxyl groups excluding tert-OH is 1. The highest BCUT2D eigenvalue weighted by molar-refractivity contribution is 7.91. The summed E-state index contributed by atoms with van der Waals surface area (Å²) in [5, 5.41) is 9.73. The molecule has 0 fully saturated rings. The molecule has 1 N–H and O–H groups in total. The highest BCUT2D eigenvalue weighted by Crippen LogP contribution is 2.45. The average Bonchev–Trinajstić information content (AvgIpc) is 2.55. The molecule has 1 aliphatic carbocycles. The van der Waals surface area contributed by atoms with Gasteiger partial charge in [-0.05, 0) is 30.0 Å². The van der Waals surface area contributed by atoms with Crippen molar-refractivity contribution in [3.05, 3.63) is 29.1 Å². The second-order valence-corrected chi connectivity index (χ2v) is 6.22. The Kier molecular flexibility index (Phi) is 3.14. The van der Waals surface area contributed by atoms with Crippen LogP contribution in [-0.4, -0.2) is 19.3 Å². The van der Waals surface area contributed by atoms with Gasteiger partial charge in [0.05, 0.1) is 11.0 Å². The zero-order valence-electron chi connectivity index (χ0n) is 9.40. The molecule has 1 aliphatic rings. The van der Waals surface area contributed by atoms with Crippen LogP contribution in [0.2, 0.25) is 0 Å². The molecule has 2 rings (SSSR count). The third-order valence-electron chi connectivity index (χ3n) is 3.14. The Bertz CT molecular complexity index is 583. The van der Waals surface area contributed by atoms with Crippen molar-refractivity contribution in [1.29, 1.82) is 0 Å². The van der Waals surface area contributed by atoms with Crippen molar-refractivity contribution in [2.24, 2.45) is 0 Å². The van der Waals surface area contributed by atoms with Gasteiger partial charge in [-0.1, -0.05) is 6.92 Å². The van der Waals surface area contributed by atoms with Crippen molar-refractivity contribution in [2.45, 2.75) is 36.0 Å². The number of hydrogen-bond donors (Lipinski definition) is 1. The second kappa shape index (κ2) is 4.24. The lowest BCUT2D eigenvalue weighted by atomic mass is 10.0. The number of benzene rings is 1. The summed E-state index contributed by atoms with van der Waals surface area (Å²) < 4.78 is 61.6. The van der Waals surface area contributed by atoms with Gasteiger partial charge >= 0.3 is 5.76 Å². The zero-order valence-corrected chi connectivity index (χ0v) is 10.2. The van der Waals surface area contributed by atoms with Crippen LogP contribution in [0.25, 0.3) is 0 Å². The van der Waals surface area contributed by atoms with Gasteiger partial charge in [0.25, 0.3) is 0 Å². The molecule has 0 aromatic heterocycles. The SMILES string of the molecule is CC1CC(O)c2c(S(=O)(=O)C(F)F)ccc(F)c21. The molecule has 0 heterocycles. The van der Waals surface area contributed by atoms with Gasteiger partial charge in [-0.3, -0.25) is 0 Å². The number of halogens is 3. The summed E-state index contributed by atoms with van der Waals surface area (Å²) >= 11 is 0. The molecule has 2 unspecified atom stereocenters. The van der Waals surface area contributed by atoms with Gasteiger partial charge in [0, 0.05) is 5.56 Å². The van der Waals surface area contributed by atoms with E-state index in [-0.39, 0.29) is 17.5 Å². The molecular formula is C11H11F3O3S. The number of sulfone groups is 1. The first-order valence-corrected chi connectivity index (χ1v) is 6.83. The quantitative estimate of drug-likeness (QED) is 0.846. The van der Waals surface area contributed by atoms with Gasteiger partial charge in [0.1, 0.15) is 5.82 Å². The van der Waals surface area contributed by atoms with Crippen molar-refractivity contribution in [1.82, 2.24) is 0 Å². The molecule has 18 heavy (non-hydrogen) atoms. The summed E-state index contributed by atoms with van der Waals surface area (Å²) in [6.45, 7) is 1.61. The summed E-state index contributed by atoms with van der Waals surface area (Å²) in [5.41, 5.74) is -0.202. The Morgan fingerprint density at radius 3 is 2.50 bits per heavy atom. The van der Waals surface area contributed by atoms with E-state index in [0.717, 1.165) is 12.1 Å². The van der Waals surface area contributed by atoms with Crippen molar-refractivity contribution in [3.63, 3.8) is 0 Å². The predicted octanol–water partition coefficient (Wildman–Crippen LogP) is 2.36. The Morgan fingerprint density at radius 2 is 1.94 bits per heavy atom. The van der Waals surface area contributed by atoms with Gasteiger partial charge < -0.3 is 5.11 Å². The third-order valence-corrected chi connectivity index (χ3v) is 4.58. The molecule has 3 nitrogen and oxygen atoms in total. The van der Waals surface area contributed by atoms with Gasteiger partial charge in [-0.2, -0.15) is 8.78 Å². The average molecular weight is 280 g/mol. The van der Waals surface area contributed by atoms with E-state index in [2.05, 4.69) is 0 Å². The normalized spacial score (nSPS) is 23.4. The Morgan fingerprint density at radius 1 is 1.33 bits per heavy atom. The predicted molar refractivity (Wildman–Crippen MR) is 57.6 cm³/mol. The van der Waals surface area contributed by atoms with E-state index in [1.807, 2.05) is 0 Å². The van der Waals surface area contributed by atoms with Crippen molar-refractivity contribution in [2.75, 3.05) is 0 Å². The number of aliphatic hydroxyl groups is 1. The molecule has 100 valence electrons. The first kappa shape index (κ1) is 13.4. The fourth-order valence-corrected chi connectivity index (χ4v) is 3.35. The van der Waals surface area contributed by atoms with E-state index >= 15 is 0 Å². The minimum Gasteiger partial charge on any atom is -0.388 e. The largest absolute Gasteiger partial charge is 0.388 e. The molecule has 0 spiro atoms. The van der Waals surface area contributed by atoms with Crippen LogP contribution in [0.5, 0.6) is 0 Å². The Balaban J connectivity index is 2.74. The van der Waals surface area contributed by atoms with E-state index in [4.69, 9.17) is 0 Å². The van der Waals surface area contributed by atoms with Crippen molar-refractivity contribution in [3.8, 4) is 0 Å². The highest BCUT2D eigenvalue weighted by atomic mass is 32.2. The smallest absolute Gasteiger partial charge is 0.341 e. The van der Waals surface area contributed by atoms with Crippen LogP contribution in [0.15, 0.2) is 17.0 Å². The van der Waals surface area contributed by atoms with E-state index in [1.54, 1.807) is 6.92 Å². The van der Waals surface area contributed by atoms with Gasteiger partial charge in [-0.25, -0.2) is 12.8 Å². The van der Waals surface area contributed by atoms with Gasteiger partial charge in [0.15, 0.2) is 0 Å². The van der Waals surface area contributed by atoms with Crippen LogP contribution in [0.1, 0.15) is 36.5 Å². The van der Waals surface area contributed by atoms with E-state index in [9.17, 15) is 26.7 Å². The molecule has 0 bridgehead atoms. The maximum atomic E-state index is 13.6. The molecule has 2 atom stereocenters. The van der Waals surface area contributed by atoms with Crippen LogP contribution >= 0.6 is 0 Å². The molecule has 0 saturated carbocycles. The molecule has 0 saturated heterocycles. The fraction of sp³-hybridized carbons (Fsp3) is 0.455. The standard InChI is InChI=1S/C11H11F3O3S/c1-5-4-7(15)10-8(18(16,17)11(13)14)3-2-6(12)9(5)10/h2-3,5,7,11,15H,4H2,1H3. The number of rotatable bonds is 2. The number of fused-ring (bicyclic) bond motifs is 1. The molecule has 0 aliphatic heterocycles. The molecule has 7 heteroatoms. The minimum atomic E-state index is -4.84. The van der Waals surface area contributed by atoms with E-state index in [0.29, 0.717) is 0 Å². The summed E-state index contributed by atoms with van der Waals surface area (Å²) in [4.78, 5) is -0.675. The van der Waals surface area contributed by atoms with Gasteiger partial charge in [-0.15, -0.1) is 0 Å². The monoisotopic (exact) mass is 280 g/mol. The van der Waals surface area contributed by atoms with Crippen molar-refractivity contribution >= 4 is 9.84 Å². The maximum absolute atomic E-state index is 13.6. The third kappa shape index (κ3) is 1.81. The van der Waals surface area contributed by atoms with E-state index < -0.39 is 38.3 Å². The van der Waals surface area contributed by atoms with Crippen LogP contribution in [0.3, 0.4) is 0 Å². The summed E-state index contributed by atoms with van der Waals surface area (Å²) in [6, 6.07) is 1.64. The van der Waals surface area contributed by atoms with E-state index in [1.165, 1.54) is 0 Å². The highest BCUT2D eigenvalue weighted by Gasteiger charge is 2.38. The van der Waals surface area contributed by atoms with Gasteiger partial charge in [0.2, 0.25) is 9.84 Å². The van der Waals surface area contributed by atoms with Crippen LogP contribution in [-0.2, 0) is 9.84 Å². The summed E-state index contributed by atoms with van der Waals surface area (Å²) in [5.74, 6) is -4.67. The zero-order chi connectivity index (χ0) is 13.7. The first-order valence-electron chi connectivity index (χ1n) is 5.29. The molecule has 0 radical (unpaired) electrons. The number of hydrogen-bond acceptors (Lipinski definition) is 3. The Labute approximate surface area is 102 Å². The Hall–Kier alpha value is -1.08. The van der Waals surface area contributed by atoms with Crippen molar-refractivity contribution < 1.29 is 26.7 Å². The van der Waals surface area contributed by atoms with Crippen LogP contribution < -0.4 is 0 Å². The van der Waals surface area contributed by atoms with Crippen LogP contribution in [0, 0.1) is 5.82 Å². The molecular weight excluding hydrogens is 269 g/mol. The summed E-state index contributed by atoms with van der Waals surface area (Å²) in [6.07, 6.45) is -1.10. The topological polar surface area (TPSA) is 54.4 Å². The molecule has 0 amide bonds. The second-order valence-electron chi connectivity index (χ2n) is 4.33. The number of alkyl halides is 2. The summed E-state index contributed by atoms with van der Waals surface area (Å²) in [7, 11) is -4.84. The van der Waals surface area contributed by atoms with Crippen LogP contribution in [0.4, 0.5) is 13.2 Å². The first-order chi connectivity index (χ1) is 8.26. The molecule has 1 aromatic rings. The minimum absolute atomic E-state index is 0.0178. The maximum Gasteiger partial charge on any atom is 0.341 e. The lowest BCUT2D eigenvalue weighted by Gasteiger charge is -2.12. The molecule has 1 aromatic carbocycles. The lowest BCUT2D eigenvalue weighted by molar-refractivity contribution is 0.171. The lowest BCUT2D eigenvalue weighted by Crippen LogP contribution is -2.15.